The molecule has 0 spiro atoms. The lowest BCUT2D eigenvalue weighted by molar-refractivity contribution is -0.121. The normalized spacial score (nSPS) is 12.2. The summed E-state index contributed by atoms with van der Waals surface area (Å²) in [5, 5.41) is 6.82. The van der Waals surface area contributed by atoms with Crippen LogP contribution in [0.3, 0.4) is 0 Å². The second-order valence-electron chi connectivity index (χ2n) is 6.67. The minimum Gasteiger partial charge on any atom is -0.454 e. The van der Waals surface area contributed by atoms with Crippen molar-refractivity contribution in [1.82, 2.24) is 5.16 Å². The first-order chi connectivity index (χ1) is 13.6. The van der Waals surface area contributed by atoms with Gasteiger partial charge in [0.15, 0.2) is 17.3 Å². The molecular formula is C21H20N2O5. The van der Waals surface area contributed by atoms with Crippen molar-refractivity contribution in [2.24, 2.45) is 0 Å². The summed E-state index contributed by atoms with van der Waals surface area (Å²) in [5.74, 6) is 1.76. The van der Waals surface area contributed by atoms with Gasteiger partial charge in [-0.15, -0.1) is 0 Å². The molecule has 7 heteroatoms. The SMILES string of the molecule is Cc1cc(C)cc(NC(=O)COCc2cc(-c3ccc4c(c3)OCO4)on2)c1. The molecule has 0 aliphatic carbocycles. The molecule has 1 amide bonds. The lowest BCUT2D eigenvalue weighted by Crippen LogP contribution is -2.18. The highest BCUT2D eigenvalue weighted by Crippen LogP contribution is 2.36. The largest absolute Gasteiger partial charge is 0.454 e. The monoisotopic (exact) mass is 380 g/mol. The molecule has 1 aromatic heterocycles. The van der Waals surface area contributed by atoms with Crippen LogP contribution < -0.4 is 14.8 Å². The van der Waals surface area contributed by atoms with E-state index in [9.17, 15) is 4.79 Å². The van der Waals surface area contributed by atoms with Gasteiger partial charge >= 0.3 is 0 Å². The van der Waals surface area contributed by atoms with Crippen molar-refractivity contribution in [1.29, 1.82) is 0 Å². The van der Waals surface area contributed by atoms with Crippen LogP contribution in [0.4, 0.5) is 5.69 Å². The maximum Gasteiger partial charge on any atom is 0.250 e. The third-order valence-electron chi connectivity index (χ3n) is 4.20. The van der Waals surface area contributed by atoms with Gasteiger partial charge in [-0.1, -0.05) is 11.2 Å². The second kappa shape index (κ2) is 7.74. The number of hydrogen-bond donors (Lipinski definition) is 1. The fraction of sp³-hybridized carbons (Fsp3) is 0.238. The number of nitrogens with zero attached hydrogens (tertiary/aromatic N) is 1. The van der Waals surface area contributed by atoms with Crippen molar-refractivity contribution in [3.8, 4) is 22.8 Å². The van der Waals surface area contributed by atoms with E-state index in [4.69, 9.17) is 18.7 Å². The highest BCUT2D eigenvalue weighted by molar-refractivity contribution is 5.91. The Morgan fingerprint density at radius 1 is 1.07 bits per heavy atom. The average molecular weight is 380 g/mol. The van der Waals surface area contributed by atoms with Gasteiger partial charge < -0.3 is 24.1 Å². The molecule has 0 fully saturated rings. The number of aryl methyl sites for hydroxylation is 2. The number of carbonyl (C=O) groups is 1. The molecular weight excluding hydrogens is 360 g/mol. The summed E-state index contributed by atoms with van der Waals surface area (Å²) >= 11 is 0. The summed E-state index contributed by atoms with van der Waals surface area (Å²) in [6, 6.07) is 13.2. The predicted molar refractivity (Wildman–Crippen MR) is 102 cm³/mol. The van der Waals surface area contributed by atoms with E-state index in [1.54, 1.807) is 6.07 Å². The molecule has 1 aliphatic rings. The van der Waals surface area contributed by atoms with E-state index < -0.39 is 0 Å². The Bertz CT molecular complexity index is 992. The number of hydrogen-bond acceptors (Lipinski definition) is 6. The third kappa shape index (κ3) is 4.15. The first-order valence-electron chi connectivity index (χ1n) is 8.88. The number of nitrogens with one attached hydrogen (secondary N) is 1. The first kappa shape index (κ1) is 18.1. The van der Waals surface area contributed by atoms with Crippen LogP contribution in [0.5, 0.6) is 11.5 Å². The molecule has 144 valence electrons. The van der Waals surface area contributed by atoms with E-state index in [1.165, 1.54) is 0 Å². The highest BCUT2D eigenvalue weighted by atomic mass is 16.7. The lowest BCUT2D eigenvalue weighted by Gasteiger charge is -2.07. The third-order valence-corrected chi connectivity index (χ3v) is 4.20. The molecule has 2 heterocycles. The number of ether oxygens (including phenoxy) is 3. The molecule has 0 bridgehead atoms. The van der Waals surface area contributed by atoms with E-state index in [1.807, 2.05) is 44.2 Å². The Kier molecular flexibility index (Phi) is 4.99. The molecule has 7 nitrogen and oxygen atoms in total. The molecule has 28 heavy (non-hydrogen) atoms. The fourth-order valence-corrected chi connectivity index (χ4v) is 3.06. The summed E-state index contributed by atoms with van der Waals surface area (Å²) in [4.78, 5) is 12.1. The summed E-state index contributed by atoms with van der Waals surface area (Å²) in [5.41, 5.74) is 4.38. The van der Waals surface area contributed by atoms with E-state index >= 15 is 0 Å². The summed E-state index contributed by atoms with van der Waals surface area (Å²) < 4.78 is 21.5. The van der Waals surface area contributed by atoms with E-state index in [2.05, 4.69) is 16.5 Å². The molecule has 3 aromatic rings. The van der Waals surface area contributed by atoms with Gasteiger partial charge in [0.25, 0.3) is 0 Å². The van der Waals surface area contributed by atoms with Crippen molar-refractivity contribution in [3.63, 3.8) is 0 Å². The average Bonchev–Trinajstić information content (AvgIpc) is 3.29. The van der Waals surface area contributed by atoms with E-state index in [-0.39, 0.29) is 25.9 Å². The number of fused-ring (bicyclic) bond motifs is 1. The van der Waals surface area contributed by atoms with E-state index in [0.717, 1.165) is 22.4 Å². The predicted octanol–water partition coefficient (Wildman–Crippen LogP) is 3.84. The number of benzene rings is 2. The topological polar surface area (TPSA) is 82.8 Å². The molecule has 0 saturated carbocycles. The Balaban J connectivity index is 1.30. The van der Waals surface area contributed by atoms with Gasteiger partial charge in [0.1, 0.15) is 12.3 Å². The quantitative estimate of drug-likeness (QED) is 0.700. The van der Waals surface area contributed by atoms with Gasteiger partial charge in [-0.2, -0.15) is 0 Å². The number of carbonyl (C=O) groups excluding carboxylic acids is 1. The van der Waals surface area contributed by atoms with Gasteiger partial charge in [0.05, 0.1) is 6.61 Å². The van der Waals surface area contributed by atoms with Gasteiger partial charge in [-0.05, 0) is 55.3 Å². The zero-order valence-electron chi connectivity index (χ0n) is 15.7. The van der Waals surface area contributed by atoms with Crippen LogP contribution >= 0.6 is 0 Å². The van der Waals surface area contributed by atoms with Crippen LogP contribution in [-0.4, -0.2) is 24.5 Å². The molecule has 0 unspecified atom stereocenters. The number of rotatable bonds is 6. The lowest BCUT2D eigenvalue weighted by atomic mass is 10.1. The minimum atomic E-state index is -0.218. The van der Waals surface area contributed by atoms with Crippen molar-refractivity contribution < 1.29 is 23.5 Å². The minimum absolute atomic E-state index is 0.0702. The van der Waals surface area contributed by atoms with Crippen LogP contribution in [0.2, 0.25) is 0 Å². The van der Waals surface area contributed by atoms with Gasteiger partial charge in [0, 0.05) is 17.3 Å². The van der Waals surface area contributed by atoms with Gasteiger partial charge in [0.2, 0.25) is 12.7 Å². The van der Waals surface area contributed by atoms with Gasteiger partial charge in [-0.3, -0.25) is 4.79 Å². The smallest absolute Gasteiger partial charge is 0.250 e. The number of aromatic nitrogens is 1. The summed E-state index contributed by atoms with van der Waals surface area (Å²) in [6.07, 6.45) is 0. The second-order valence-corrected chi connectivity index (χ2v) is 6.67. The van der Waals surface area contributed by atoms with Crippen molar-refractivity contribution in [2.75, 3.05) is 18.7 Å². The molecule has 0 atom stereocenters. The Morgan fingerprint density at radius 2 is 1.86 bits per heavy atom. The number of amides is 1. The zero-order chi connectivity index (χ0) is 19.5. The molecule has 4 rings (SSSR count). The molecule has 0 saturated heterocycles. The standard InChI is InChI=1S/C21H20N2O5/c1-13-5-14(2)7-16(6-13)22-21(24)11-25-10-17-9-19(28-23-17)15-3-4-18-20(8-15)27-12-26-18/h3-9H,10-12H2,1-2H3,(H,22,24). The van der Waals surface area contributed by atoms with Crippen LogP contribution in [0, 0.1) is 13.8 Å². The Labute approximate surface area is 162 Å². The summed E-state index contributed by atoms with van der Waals surface area (Å²) in [6.45, 7) is 4.30. The zero-order valence-corrected chi connectivity index (χ0v) is 15.7. The van der Waals surface area contributed by atoms with Crippen molar-refractivity contribution in [2.45, 2.75) is 20.5 Å². The molecule has 1 aliphatic heterocycles. The fourth-order valence-electron chi connectivity index (χ4n) is 3.06. The van der Waals surface area contributed by atoms with Crippen LogP contribution in [-0.2, 0) is 16.1 Å². The summed E-state index contributed by atoms with van der Waals surface area (Å²) in [7, 11) is 0. The highest BCUT2D eigenvalue weighted by Gasteiger charge is 2.16. The molecule has 2 aromatic carbocycles. The van der Waals surface area contributed by atoms with Crippen molar-refractivity contribution in [3.05, 3.63) is 59.3 Å². The Hall–Kier alpha value is -3.32. The van der Waals surface area contributed by atoms with E-state index in [0.29, 0.717) is 23.0 Å². The van der Waals surface area contributed by atoms with Crippen molar-refractivity contribution >= 4 is 11.6 Å². The maximum atomic E-state index is 12.1. The van der Waals surface area contributed by atoms with Gasteiger partial charge in [-0.25, -0.2) is 0 Å². The van der Waals surface area contributed by atoms with Crippen LogP contribution in [0.15, 0.2) is 47.0 Å². The molecule has 1 N–H and O–H groups in total. The number of anilines is 1. The molecule has 0 radical (unpaired) electrons. The Morgan fingerprint density at radius 3 is 2.68 bits per heavy atom. The first-order valence-corrected chi connectivity index (χ1v) is 8.88. The van der Waals surface area contributed by atoms with Crippen LogP contribution in [0.25, 0.3) is 11.3 Å². The van der Waals surface area contributed by atoms with Crippen LogP contribution in [0.1, 0.15) is 16.8 Å². The maximum absolute atomic E-state index is 12.1.